The molecule has 1 unspecified atom stereocenters. The molecule has 96 valence electrons. The molecule has 0 amide bonds. The van der Waals surface area contributed by atoms with Gasteiger partial charge in [0.05, 0.1) is 7.11 Å². The molecule has 0 aromatic rings. The minimum Gasteiger partial charge on any atom is -0.467 e. The van der Waals surface area contributed by atoms with Crippen LogP contribution in [0.15, 0.2) is 0 Å². The molecule has 0 aromatic carbocycles. The van der Waals surface area contributed by atoms with Crippen LogP contribution >= 0.6 is 11.8 Å². The number of carbonyl (C=O) groups is 1. The van der Waals surface area contributed by atoms with Crippen LogP contribution in [0.5, 0.6) is 0 Å². The van der Waals surface area contributed by atoms with E-state index in [9.17, 15) is 9.90 Å². The van der Waals surface area contributed by atoms with E-state index in [1.54, 1.807) is 11.8 Å². The number of esters is 1. The van der Waals surface area contributed by atoms with E-state index in [4.69, 9.17) is 5.11 Å². The van der Waals surface area contributed by atoms with Gasteiger partial charge in [0.25, 0.3) is 0 Å². The molecule has 5 nitrogen and oxygen atoms in total. The number of aliphatic hydroxyl groups is 2. The lowest BCUT2D eigenvalue weighted by atomic mass is 10.1. The first-order chi connectivity index (χ1) is 7.54. The van der Waals surface area contributed by atoms with Gasteiger partial charge in [-0.1, -0.05) is 0 Å². The van der Waals surface area contributed by atoms with E-state index in [-0.39, 0.29) is 13.2 Å². The fourth-order valence-electron chi connectivity index (χ4n) is 1.04. The number of hydrogen-bond acceptors (Lipinski definition) is 6. The minimum absolute atomic E-state index is 0.181. The number of hydrogen-bond donors (Lipinski definition) is 3. The molecule has 0 aliphatic heterocycles. The monoisotopic (exact) mass is 251 g/mol. The van der Waals surface area contributed by atoms with Gasteiger partial charge >= 0.3 is 5.97 Å². The van der Waals surface area contributed by atoms with Gasteiger partial charge in [-0.25, -0.2) is 4.79 Å². The van der Waals surface area contributed by atoms with Crippen molar-refractivity contribution in [2.75, 3.05) is 38.3 Å². The van der Waals surface area contributed by atoms with E-state index in [2.05, 4.69) is 10.1 Å². The zero-order chi connectivity index (χ0) is 12.4. The molecule has 6 heteroatoms. The third-order valence-electron chi connectivity index (χ3n) is 1.96. The predicted molar refractivity (Wildman–Crippen MR) is 64.5 cm³/mol. The first kappa shape index (κ1) is 15.7. The lowest BCUT2D eigenvalue weighted by Crippen LogP contribution is -2.46. The zero-order valence-electron chi connectivity index (χ0n) is 9.86. The summed E-state index contributed by atoms with van der Waals surface area (Å²) in [5.74, 6) is 1.18. The molecular formula is C10H21NO4S. The van der Waals surface area contributed by atoms with Gasteiger partial charge in [-0.2, -0.15) is 11.8 Å². The molecule has 0 radical (unpaired) electrons. The molecule has 1 atom stereocenters. The Balaban J connectivity index is 3.47. The van der Waals surface area contributed by atoms with Crippen molar-refractivity contribution in [2.45, 2.75) is 18.9 Å². The van der Waals surface area contributed by atoms with Gasteiger partial charge in [0.1, 0.15) is 0 Å². The van der Waals surface area contributed by atoms with Crippen molar-refractivity contribution in [1.29, 1.82) is 0 Å². The molecule has 0 saturated heterocycles. The summed E-state index contributed by atoms with van der Waals surface area (Å²) in [6.07, 6.45) is 0.796. The maximum Gasteiger partial charge on any atom is 0.338 e. The average Bonchev–Trinajstić information content (AvgIpc) is 2.26. The van der Waals surface area contributed by atoms with Crippen molar-refractivity contribution in [3.63, 3.8) is 0 Å². The molecule has 0 aliphatic rings. The molecule has 3 N–H and O–H groups in total. The molecule has 0 heterocycles. The highest BCUT2D eigenvalue weighted by molar-refractivity contribution is 7.99. The number of carbonyl (C=O) groups excluding carboxylic acids is 1. The molecule has 0 bridgehead atoms. The summed E-state index contributed by atoms with van der Waals surface area (Å²) >= 11 is 1.72. The van der Waals surface area contributed by atoms with Crippen molar-refractivity contribution in [1.82, 2.24) is 5.32 Å². The second-order valence-corrected chi connectivity index (χ2v) is 4.86. The molecule has 0 aliphatic carbocycles. The number of methoxy groups -OCH3 is 1. The second kappa shape index (κ2) is 8.81. The van der Waals surface area contributed by atoms with E-state index < -0.39 is 11.6 Å². The van der Waals surface area contributed by atoms with Crippen LogP contribution in [-0.4, -0.2) is 60.1 Å². The van der Waals surface area contributed by atoms with Gasteiger partial charge in [-0.15, -0.1) is 0 Å². The lowest BCUT2D eigenvalue weighted by Gasteiger charge is -2.20. The first-order valence-corrected chi connectivity index (χ1v) is 6.40. The average molecular weight is 251 g/mol. The Labute approximate surface area is 101 Å². The van der Waals surface area contributed by atoms with Crippen LogP contribution in [0.4, 0.5) is 0 Å². The third-order valence-corrected chi connectivity index (χ3v) is 3.03. The fraction of sp³-hybridized carbons (Fsp3) is 0.900. The van der Waals surface area contributed by atoms with Crippen LogP contribution in [0.25, 0.3) is 0 Å². The number of nitrogens with one attached hydrogen (secondary N) is 1. The molecule has 0 fully saturated rings. The van der Waals surface area contributed by atoms with E-state index in [0.29, 0.717) is 6.54 Å². The van der Waals surface area contributed by atoms with E-state index in [0.717, 1.165) is 17.9 Å². The summed E-state index contributed by atoms with van der Waals surface area (Å²) < 4.78 is 4.46. The summed E-state index contributed by atoms with van der Waals surface area (Å²) in [5, 5.41) is 21.2. The van der Waals surface area contributed by atoms with E-state index >= 15 is 0 Å². The minimum atomic E-state index is -1.47. The summed E-state index contributed by atoms with van der Waals surface area (Å²) in [4.78, 5) is 11.1. The number of aliphatic hydroxyl groups excluding tert-OH is 1. The van der Waals surface area contributed by atoms with Crippen LogP contribution in [0.1, 0.15) is 13.3 Å². The van der Waals surface area contributed by atoms with Crippen LogP contribution in [0.2, 0.25) is 0 Å². The zero-order valence-corrected chi connectivity index (χ0v) is 10.7. The number of ether oxygens (including phenoxy) is 1. The Kier molecular flexibility index (Phi) is 8.64. The van der Waals surface area contributed by atoms with Crippen molar-refractivity contribution in [3.05, 3.63) is 0 Å². The van der Waals surface area contributed by atoms with Crippen molar-refractivity contribution < 1.29 is 19.7 Å². The van der Waals surface area contributed by atoms with Gasteiger partial charge in [0.15, 0.2) is 5.60 Å². The van der Waals surface area contributed by atoms with Crippen molar-refractivity contribution in [2.24, 2.45) is 0 Å². The topological polar surface area (TPSA) is 78.8 Å². The standard InChI is InChI=1S/C10H21NO4S/c1-10(14,9(13)15-2)8-11-4-7-16-6-3-5-12/h11-12,14H,3-8H2,1-2H3. The summed E-state index contributed by atoms with van der Waals surface area (Å²) in [6.45, 7) is 2.53. The van der Waals surface area contributed by atoms with Gasteiger partial charge in [-0.05, 0) is 19.1 Å². The molecule has 0 aromatic heterocycles. The maximum atomic E-state index is 11.1. The van der Waals surface area contributed by atoms with Gasteiger partial charge < -0.3 is 20.3 Å². The highest BCUT2D eigenvalue weighted by Crippen LogP contribution is 2.04. The first-order valence-electron chi connectivity index (χ1n) is 5.24. The molecule has 0 saturated carbocycles. The molecular weight excluding hydrogens is 230 g/mol. The third kappa shape index (κ3) is 7.05. The summed E-state index contributed by atoms with van der Waals surface area (Å²) in [7, 11) is 1.25. The lowest BCUT2D eigenvalue weighted by molar-refractivity contribution is -0.159. The molecule has 0 rings (SSSR count). The van der Waals surface area contributed by atoms with Crippen LogP contribution in [0.3, 0.4) is 0 Å². The van der Waals surface area contributed by atoms with E-state index in [1.807, 2.05) is 0 Å². The maximum absolute atomic E-state index is 11.1. The molecule has 0 spiro atoms. The van der Waals surface area contributed by atoms with Crippen LogP contribution in [-0.2, 0) is 9.53 Å². The highest BCUT2D eigenvalue weighted by Gasteiger charge is 2.30. The van der Waals surface area contributed by atoms with Gasteiger partial charge in [0.2, 0.25) is 0 Å². The Bertz CT molecular complexity index is 199. The number of rotatable bonds is 9. The van der Waals surface area contributed by atoms with E-state index in [1.165, 1.54) is 14.0 Å². The summed E-state index contributed by atoms with van der Waals surface area (Å²) in [5.41, 5.74) is -1.47. The number of thioether (sulfide) groups is 1. The fourth-order valence-corrected chi connectivity index (χ4v) is 1.86. The van der Waals surface area contributed by atoms with Crippen molar-refractivity contribution >= 4 is 17.7 Å². The Morgan fingerprint density at radius 3 is 2.75 bits per heavy atom. The Hall–Kier alpha value is -0.300. The van der Waals surface area contributed by atoms with Gasteiger partial charge in [0, 0.05) is 25.4 Å². The van der Waals surface area contributed by atoms with Crippen LogP contribution in [0, 0.1) is 0 Å². The Morgan fingerprint density at radius 2 is 2.19 bits per heavy atom. The van der Waals surface area contributed by atoms with Crippen LogP contribution < -0.4 is 5.32 Å². The van der Waals surface area contributed by atoms with Crippen molar-refractivity contribution in [3.8, 4) is 0 Å². The van der Waals surface area contributed by atoms with Gasteiger partial charge in [-0.3, -0.25) is 0 Å². The second-order valence-electron chi connectivity index (χ2n) is 3.63. The summed E-state index contributed by atoms with van der Waals surface area (Å²) in [6, 6.07) is 0. The molecule has 16 heavy (non-hydrogen) atoms. The normalized spacial score (nSPS) is 14.5. The Morgan fingerprint density at radius 1 is 1.50 bits per heavy atom. The smallest absolute Gasteiger partial charge is 0.338 e. The quantitative estimate of drug-likeness (QED) is 0.383. The SMILES string of the molecule is COC(=O)C(C)(O)CNCCSCCCO. The largest absolute Gasteiger partial charge is 0.467 e. The highest BCUT2D eigenvalue weighted by atomic mass is 32.2. The predicted octanol–water partition coefficient (Wildman–Crippen LogP) is -0.384.